The van der Waals surface area contributed by atoms with Crippen LogP contribution in [0.4, 0.5) is 34.1 Å². The van der Waals surface area contributed by atoms with Gasteiger partial charge in [0, 0.05) is 22.7 Å². The Balaban J connectivity index is 1.39. The molecule has 69 heavy (non-hydrogen) atoms. The Bertz CT molecular complexity index is 2970. The van der Waals surface area contributed by atoms with Gasteiger partial charge in [-0.1, -0.05) is 172 Å². The zero-order valence-corrected chi connectivity index (χ0v) is 44.3. The molecule has 0 heterocycles. The molecule has 0 spiro atoms. The molecule has 0 saturated heterocycles. The molecule has 8 aromatic carbocycles. The Morgan fingerprint density at radius 3 is 0.884 bits per heavy atom. The Labute approximate surface area is 414 Å². The van der Waals surface area contributed by atoms with E-state index < -0.39 is 5.41 Å². The molecule has 0 unspecified atom stereocenters. The van der Waals surface area contributed by atoms with Gasteiger partial charge in [-0.3, -0.25) is 0 Å². The van der Waals surface area contributed by atoms with Crippen LogP contribution >= 0.6 is 0 Å². The largest absolute Gasteiger partial charge is 0.310 e. The van der Waals surface area contributed by atoms with Gasteiger partial charge in [0.05, 0.1) is 16.8 Å². The van der Waals surface area contributed by atoms with Crippen molar-refractivity contribution in [3.05, 3.63) is 235 Å². The quantitative estimate of drug-likeness (QED) is 0.150. The fourth-order valence-electron chi connectivity index (χ4n) is 11.4. The van der Waals surface area contributed by atoms with Crippen molar-refractivity contribution in [3.63, 3.8) is 0 Å². The highest BCUT2D eigenvalue weighted by molar-refractivity contribution is 5.93. The maximum Gasteiger partial charge on any atom is 0.0715 e. The molecule has 0 bridgehead atoms. The average Bonchev–Trinajstić information content (AvgIpc) is 3.55. The molecule has 1 aliphatic rings. The third-order valence-electron chi connectivity index (χ3n) is 14.7. The van der Waals surface area contributed by atoms with E-state index in [1.54, 1.807) is 0 Å². The SMILES string of the molecule is Cc1ccc(N(c2ccc3c(c2)C(c2cc(C)cc(C)c2)(c2cc(C)cc(C)c2)c2cc(N(c4ccc(C)cc4)c4c(C)cc(C(C)(C)C)cc4C)ccc2-3)c2c(C)cc(C(C)(C)C)cc2C)cc1. The lowest BCUT2D eigenvalue weighted by Gasteiger charge is -2.37. The van der Waals surface area contributed by atoms with E-state index in [1.807, 2.05) is 0 Å². The molecular weight excluding hydrogens is 833 g/mol. The minimum absolute atomic E-state index is 0.0285. The Morgan fingerprint density at radius 2 is 0.594 bits per heavy atom. The van der Waals surface area contributed by atoms with Crippen molar-refractivity contribution in [2.24, 2.45) is 0 Å². The molecule has 0 aliphatic heterocycles. The van der Waals surface area contributed by atoms with Crippen LogP contribution in [0.3, 0.4) is 0 Å². The number of nitrogens with zero attached hydrogens (tertiary/aromatic N) is 2. The summed E-state index contributed by atoms with van der Waals surface area (Å²) in [6.07, 6.45) is 0. The van der Waals surface area contributed by atoms with Gasteiger partial charge >= 0.3 is 0 Å². The lowest BCUT2D eigenvalue weighted by atomic mass is 9.66. The van der Waals surface area contributed by atoms with Gasteiger partial charge in [0.2, 0.25) is 0 Å². The maximum absolute atomic E-state index is 2.54. The molecule has 0 amide bonds. The zero-order chi connectivity index (χ0) is 49.5. The first-order valence-corrected chi connectivity index (χ1v) is 25.0. The Hall–Kier alpha value is -6.64. The number of benzene rings is 8. The van der Waals surface area contributed by atoms with Crippen molar-refractivity contribution >= 4 is 34.1 Å². The van der Waals surface area contributed by atoms with E-state index in [9.17, 15) is 0 Å². The summed E-state index contributed by atoms with van der Waals surface area (Å²) in [5.74, 6) is 0. The molecule has 2 heteroatoms. The monoisotopic (exact) mass is 905 g/mol. The van der Waals surface area contributed by atoms with Crippen LogP contribution in [0.15, 0.2) is 146 Å². The highest BCUT2D eigenvalue weighted by atomic mass is 15.2. The van der Waals surface area contributed by atoms with Crippen LogP contribution in [-0.2, 0) is 16.2 Å². The van der Waals surface area contributed by atoms with Crippen molar-refractivity contribution in [2.75, 3.05) is 9.80 Å². The maximum atomic E-state index is 2.54. The van der Waals surface area contributed by atoms with Crippen molar-refractivity contribution < 1.29 is 0 Å². The summed E-state index contributed by atoms with van der Waals surface area (Å²) in [4.78, 5) is 5.04. The van der Waals surface area contributed by atoms with Crippen LogP contribution in [0.25, 0.3) is 11.1 Å². The van der Waals surface area contributed by atoms with Crippen LogP contribution in [0.1, 0.15) is 131 Å². The molecular formula is C67H72N2. The van der Waals surface area contributed by atoms with Crippen LogP contribution < -0.4 is 9.80 Å². The zero-order valence-electron chi connectivity index (χ0n) is 44.3. The summed E-state index contributed by atoms with van der Waals surface area (Å²) in [5.41, 5.74) is 29.4. The fraction of sp³-hybridized carbons (Fsp3) is 0.284. The van der Waals surface area contributed by atoms with Gasteiger partial charge in [0.1, 0.15) is 0 Å². The molecule has 2 nitrogen and oxygen atoms in total. The first kappa shape index (κ1) is 47.4. The molecule has 9 rings (SSSR count). The van der Waals surface area contributed by atoms with Gasteiger partial charge in [-0.25, -0.2) is 0 Å². The van der Waals surface area contributed by atoms with Crippen LogP contribution in [0.2, 0.25) is 0 Å². The third kappa shape index (κ3) is 8.51. The van der Waals surface area contributed by atoms with E-state index in [4.69, 9.17) is 0 Å². The van der Waals surface area contributed by atoms with Gasteiger partial charge < -0.3 is 9.80 Å². The number of fused-ring (bicyclic) bond motifs is 3. The summed E-state index contributed by atoms with van der Waals surface area (Å²) < 4.78 is 0. The molecule has 0 N–H and O–H groups in total. The van der Waals surface area contributed by atoms with E-state index in [1.165, 1.54) is 112 Å². The first-order valence-electron chi connectivity index (χ1n) is 25.0. The second-order valence-electron chi connectivity index (χ2n) is 22.7. The van der Waals surface area contributed by atoms with Gasteiger partial charge in [0.15, 0.2) is 0 Å². The lowest BCUT2D eigenvalue weighted by Crippen LogP contribution is -2.30. The molecule has 0 radical (unpaired) electrons. The van der Waals surface area contributed by atoms with Gasteiger partial charge in [-0.2, -0.15) is 0 Å². The van der Waals surface area contributed by atoms with Crippen LogP contribution in [0, 0.1) is 69.2 Å². The number of hydrogen-bond donors (Lipinski definition) is 0. The Morgan fingerprint density at radius 1 is 0.304 bits per heavy atom. The molecule has 8 aromatic rings. The van der Waals surface area contributed by atoms with Gasteiger partial charge in [0.25, 0.3) is 0 Å². The van der Waals surface area contributed by atoms with Crippen LogP contribution in [-0.4, -0.2) is 0 Å². The number of rotatable bonds is 8. The molecule has 350 valence electrons. The fourth-order valence-corrected chi connectivity index (χ4v) is 11.4. The number of hydrogen-bond acceptors (Lipinski definition) is 2. The molecule has 1 aliphatic carbocycles. The first-order chi connectivity index (χ1) is 32.5. The lowest BCUT2D eigenvalue weighted by molar-refractivity contribution is 0.589. The molecule has 0 saturated carbocycles. The van der Waals surface area contributed by atoms with Crippen molar-refractivity contribution in [1.29, 1.82) is 0 Å². The summed E-state index contributed by atoms with van der Waals surface area (Å²) in [7, 11) is 0. The normalized spacial score (nSPS) is 13.0. The van der Waals surface area contributed by atoms with Crippen molar-refractivity contribution in [2.45, 2.75) is 127 Å². The van der Waals surface area contributed by atoms with E-state index >= 15 is 0 Å². The smallest absolute Gasteiger partial charge is 0.0715 e. The third-order valence-corrected chi connectivity index (χ3v) is 14.7. The highest BCUT2D eigenvalue weighted by Gasteiger charge is 2.47. The van der Waals surface area contributed by atoms with Gasteiger partial charge in [-0.05, 0) is 195 Å². The molecule has 0 atom stereocenters. The number of anilines is 6. The summed E-state index contributed by atoms with van der Waals surface area (Å²) in [6.45, 7) is 36.4. The number of aryl methyl sites for hydroxylation is 10. The van der Waals surface area contributed by atoms with Gasteiger partial charge in [-0.15, -0.1) is 0 Å². The van der Waals surface area contributed by atoms with E-state index in [2.05, 4.69) is 266 Å². The van der Waals surface area contributed by atoms with Crippen molar-refractivity contribution in [1.82, 2.24) is 0 Å². The van der Waals surface area contributed by atoms with E-state index in [0.717, 1.165) is 22.7 Å². The van der Waals surface area contributed by atoms with Crippen molar-refractivity contribution in [3.8, 4) is 11.1 Å². The summed E-state index contributed by atoms with van der Waals surface area (Å²) in [6, 6.07) is 56.9. The summed E-state index contributed by atoms with van der Waals surface area (Å²) >= 11 is 0. The molecule has 0 fully saturated rings. The standard InChI is InChI=1S/C67H72N2/c1-41-17-21-55(22-18-41)68(63-47(7)35-51(36-48(63)8)65(11,12)13)57-25-27-59-60-28-26-58(69(56-23-19-42(2)20-24-56)64-49(9)37-52(38-50(64)10)66(14,15)16)40-62(60)67(61(59)39-57,53-31-43(3)29-44(4)32-53)54-33-45(5)30-46(6)34-54/h17-40H,1-16H3. The highest BCUT2D eigenvalue weighted by Crippen LogP contribution is 2.59. The van der Waals surface area contributed by atoms with E-state index in [0.29, 0.717) is 0 Å². The topological polar surface area (TPSA) is 6.48 Å². The average molecular weight is 905 g/mol. The predicted molar refractivity (Wildman–Crippen MR) is 298 cm³/mol. The van der Waals surface area contributed by atoms with E-state index in [-0.39, 0.29) is 10.8 Å². The minimum atomic E-state index is -0.664. The second-order valence-corrected chi connectivity index (χ2v) is 22.7. The second kappa shape index (κ2) is 17.4. The predicted octanol–water partition coefficient (Wildman–Crippen LogP) is 18.7. The van der Waals surface area contributed by atoms with Crippen LogP contribution in [0.5, 0.6) is 0 Å². The summed E-state index contributed by atoms with van der Waals surface area (Å²) in [5, 5.41) is 0. The minimum Gasteiger partial charge on any atom is -0.310 e. The molecule has 0 aromatic heterocycles. The Kier molecular flexibility index (Phi) is 12.0.